The first-order valence-corrected chi connectivity index (χ1v) is 5.91. The number of nitriles is 1. The monoisotopic (exact) mass is 290 g/mol. The van der Waals surface area contributed by atoms with Crippen molar-refractivity contribution in [3.8, 4) is 11.8 Å². The van der Waals surface area contributed by atoms with Gasteiger partial charge in [0.25, 0.3) is 0 Å². The number of ether oxygens (including phenoxy) is 1. The van der Waals surface area contributed by atoms with Gasteiger partial charge in [-0.25, -0.2) is 0 Å². The second-order valence-electron chi connectivity index (χ2n) is 3.59. The summed E-state index contributed by atoms with van der Waals surface area (Å²) >= 11 is 3.50. The Balaban J connectivity index is 2.33. The van der Waals surface area contributed by atoms with E-state index in [9.17, 15) is 0 Å². The fourth-order valence-corrected chi connectivity index (χ4v) is 2.01. The summed E-state index contributed by atoms with van der Waals surface area (Å²) < 4.78 is 8.10. The molecule has 0 aliphatic heterocycles. The number of hydrogen-bond donors (Lipinski definition) is 0. The molecule has 0 amide bonds. The van der Waals surface area contributed by atoms with Gasteiger partial charge in [-0.3, -0.25) is 0 Å². The van der Waals surface area contributed by atoms with E-state index in [0.29, 0.717) is 12.2 Å². The quantitative estimate of drug-likeness (QED) is 0.871. The third-order valence-corrected chi connectivity index (χ3v) is 3.31. The minimum Gasteiger partial charge on any atom is -0.497 e. The van der Waals surface area contributed by atoms with Crippen LogP contribution in [0.5, 0.6) is 5.75 Å². The molecule has 0 fully saturated rings. The SMILES string of the molecule is COc1ccc(Br)c(Cn2cccc2C#N)c1. The summed E-state index contributed by atoms with van der Waals surface area (Å²) in [4.78, 5) is 0. The molecule has 0 aliphatic rings. The van der Waals surface area contributed by atoms with Gasteiger partial charge in [0.05, 0.1) is 7.11 Å². The number of benzene rings is 1. The molecule has 17 heavy (non-hydrogen) atoms. The lowest BCUT2D eigenvalue weighted by Gasteiger charge is -2.09. The van der Waals surface area contributed by atoms with Crippen LogP contribution in [-0.4, -0.2) is 11.7 Å². The minimum atomic E-state index is 0.647. The predicted molar refractivity (Wildman–Crippen MR) is 68.9 cm³/mol. The first-order valence-electron chi connectivity index (χ1n) is 5.12. The zero-order valence-corrected chi connectivity index (χ0v) is 10.9. The summed E-state index contributed by atoms with van der Waals surface area (Å²) in [5.74, 6) is 0.814. The normalized spacial score (nSPS) is 9.94. The van der Waals surface area contributed by atoms with Gasteiger partial charge in [0.2, 0.25) is 0 Å². The van der Waals surface area contributed by atoms with Crippen molar-refractivity contribution < 1.29 is 4.74 Å². The molecule has 1 heterocycles. The molecule has 3 nitrogen and oxygen atoms in total. The van der Waals surface area contributed by atoms with E-state index in [1.807, 2.05) is 35.0 Å². The highest BCUT2D eigenvalue weighted by Gasteiger charge is 2.05. The lowest BCUT2D eigenvalue weighted by Crippen LogP contribution is -2.01. The third-order valence-electron chi connectivity index (χ3n) is 2.54. The van der Waals surface area contributed by atoms with E-state index in [2.05, 4.69) is 22.0 Å². The number of methoxy groups -OCH3 is 1. The van der Waals surface area contributed by atoms with Gasteiger partial charge < -0.3 is 9.30 Å². The molecule has 0 N–H and O–H groups in total. The fraction of sp³-hybridized carbons (Fsp3) is 0.154. The van der Waals surface area contributed by atoms with E-state index in [-0.39, 0.29) is 0 Å². The highest BCUT2D eigenvalue weighted by Crippen LogP contribution is 2.23. The third kappa shape index (κ3) is 2.51. The van der Waals surface area contributed by atoms with Crippen LogP contribution < -0.4 is 4.74 Å². The maximum Gasteiger partial charge on any atom is 0.120 e. The Morgan fingerprint density at radius 2 is 2.24 bits per heavy atom. The van der Waals surface area contributed by atoms with E-state index in [1.165, 1.54) is 0 Å². The number of halogens is 1. The van der Waals surface area contributed by atoms with E-state index in [4.69, 9.17) is 10.00 Å². The van der Waals surface area contributed by atoms with Crippen LogP contribution in [-0.2, 0) is 6.54 Å². The number of rotatable bonds is 3. The van der Waals surface area contributed by atoms with Crippen molar-refractivity contribution in [3.05, 3.63) is 52.3 Å². The molecule has 0 unspecified atom stereocenters. The summed E-state index contributed by atoms with van der Waals surface area (Å²) in [6.45, 7) is 0.647. The molecular weight excluding hydrogens is 280 g/mol. The highest BCUT2D eigenvalue weighted by atomic mass is 79.9. The molecule has 0 radical (unpaired) electrons. The van der Waals surface area contributed by atoms with Crippen LogP contribution >= 0.6 is 15.9 Å². The molecule has 0 spiro atoms. The van der Waals surface area contributed by atoms with Crippen LogP contribution in [0.1, 0.15) is 11.3 Å². The van der Waals surface area contributed by atoms with E-state index >= 15 is 0 Å². The van der Waals surface area contributed by atoms with Gasteiger partial charge in [-0.1, -0.05) is 15.9 Å². The van der Waals surface area contributed by atoms with Crippen molar-refractivity contribution in [2.75, 3.05) is 7.11 Å². The standard InChI is InChI=1S/C13H11BrN2O/c1-17-12-4-5-13(14)10(7-12)9-16-6-2-3-11(16)8-15/h2-7H,9H2,1H3. The van der Waals surface area contributed by atoms with Crippen molar-refractivity contribution >= 4 is 15.9 Å². The molecule has 1 aromatic heterocycles. The second-order valence-corrected chi connectivity index (χ2v) is 4.44. The number of nitrogens with zero attached hydrogens (tertiary/aromatic N) is 2. The first-order chi connectivity index (χ1) is 8.24. The van der Waals surface area contributed by atoms with Gasteiger partial charge in [0, 0.05) is 17.2 Å². The predicted octanol–water partition coefficient (Wildman–Crippen LogP) is 3.18. The summed E-state index contributed by atoms with van der Waals surface area (Å²) in [6, 6.07) is 11.6. The average molecular weight is 291 g/mol. The van der Waals surface area contributed by atoms with Crippen molar-refractivity contribution in [1.82, 2.24) is 4.57 Å². The van der Waals surface area contributed by atoms with Gasteiger partial charge in [0.1, 0.15) is 17.5 Å². The largest absolute Gasteiger partial charge is 0.497 e. The molecule has 0 atom stereocenters. The van der Waals surface area contributed by atoms with Crippen LogP contribution in [0, 0.1) is 11.3 Å². The van der Waals surface area contributed by atoms with Gasteiger partial charge in [0.15, 0.2) is 0 Å². The smallest absolute Gasteiger partial charge is 0.120 e. The molecule has 0 saturated carbocycles. The fourth-order valence-electron chi connectivity index (χ4n) is 1.64. The summed E-state index contributed by atoms with van der Waals surface area (Å²) in [5.41, 5.74) is 1.73. The molecular formula is C13H11BrN2O. The second kappa shape index (κ2) is 5.07. The van der Waals surface area contributed by atoms with Gasteiger partial charge in [-0.15, -0.1) is 0 Å². The zero-order chi connectivity index (χ0) is 12.3. The van der Waals surface area contributed by atoms with E-state index in [1.54, 1.807) is 13.2 Å². The van der Waals surface area contributed by atoms with Crippen LogP contribution in [0.4, 0.5) is 0 Å². The van der Waals surface area contributed by atoms with Gasteiger partial charge in [-0.05, 0) is 35.9 Å². The van der Waals surface area contributed by atoms with Gasteiger partial charge >= 0.3 is 0 Å². The topological polar surface area (TPSA) is 38.0 Å². The Morgan fingerprint density at radius 3 is 2.94 bits per heavy atom. The highest BCUT2D eigenvalue weighted by molar-refractivity contribution is 9.10. The van der Waals surface area contributed by atoms with E-state index < -0.39 is 0 Å². The molecule has 2 rings (SSSR count). The zero-order valence-electron chi connectivity index (χ0n) is 9.35. The van der Waals surface area contributed by atoms with Crippen LogP contribution in [0.3, 0.4) is 0 Å². The molecule has 0 bridgehead atoms. The van der Waals surface area contributed by atoms with Crippen molar-refractivity contribution in [2.24, 2.45) is 0 Å². The number of hydrogen-bond acceptors (Lipinski definition) is 2. The maximum atomic E-state index is 8.95. The summed E-state index contributed by atoms with van der Waals surface area (Å²) in [7, 11) is 1.64. The summed E-state index contributed by atoms with van der Waals surface area (Å²) in [6.07, 6.45) is 1.89. The van der Waals surface area contributed by atoms with Crippen molar-refractivity contribution in [3.63, 3.8) is 0 Å². The first kappa shape index (κ1) is 11.7. The lowest BCUT2D eigenvalue weighted by atomic mass is 10.2. The Morgan fingerprint density at radius 1 is 1.41 bits per heavy atom. The Hall–Kier alpha value is -1.73. The Bertz CT molecular complexity index is 569. The maximum absolute atomic E-state index is 8.95. The Kier molecular flexibility index (Phi) is 3.50. The Labute approximate surface area is 108 Å². The van der Waals surface area contributed by atoms with Crippen molar-refractivity contribution in [2.45, 2.75) is 6.54 Å². The van der Waals surface area contributed by atoms with E-state index in [0.717, 1.165) is 15.8 Å². The van der Waals surface area contributed by atoms with Crippen LogP contribution in [0.2, 0.25) is 0 Å². The molecule has 1 aromatic carbocycles. The lowest BCUT2D eigenvalue weighted by molar-refractivity contribution is 0.414. The average Bonchev–Trinajstić information content (AvgIpc) is 2.79. The molecule has 2 aromatic rings. The van der Waals surface area contributed by atoms with Crippen LogP contribution in [0.25, 0.3) is 0 Å². The van der Waals surface area contributed by atoms with Crippen LogP contribution in [0.15, 0.2) is 41.0 Å². The summed E-state index contributed by atoms with van der Waals surface area (Å²) in [5, 5.41) is 8.95. The van der Waals surface area contributed by atoms with Crippen molar-refractivity contribution in [1.29, 1.82) is 5.26 Å². The molecule has 86 valence electrons. The van der Waals surface area contributed by atoms with Gasteiger partial charge in [-0.2, -0.15) is 5.26 Å². The number of aromatic nitrogens is 1. The molecule has 4 heteroatoms. The molecule has 0 saturated heterocycles. The molecule has 0 aliphatic carbocycles. The minimum absolute atomic E-state index is 0.647.